The highest BCUT2D eigenvalue weighted by atomic mass is 35.5. The van der Waals surface area contributed by atoms with Crippen LogP contribution in [0.25, 0.3) is 16.7 Å². The molecule has 0 saturated carbocycles. The molecule has 2 fully saturated rings. The molecular weight excluding hydrogens is 638 g/mol. The molecule has 250 valence electrons. The quantitative estimate of drug-likeness (QED) is 0.174. The second kappa shape index (κ2) is 14.5. The summed E-state index contributed by atoms with van der Waals surface area (Å²) in [4.78, 5) is 47.7. The zero-order valence-electron chi connectivity index (χ0n) is 27.2. The van der Waals surface area contributed by atoms with Crippen LogP contribution in [-0.4, -0.2) is 51.9 Å². The third-order valence-corrected chi connectivity index (χ3v) is 9.63. The zero-order valence-corrected chi connectivity index (χ0v) is 27.9. The molecular formula is C39H38ClN5O4. The van der Waals surface area contributed by atoms with Crippen LogP contribution in [0.3, 0.4) is 0 Å². The minimum Gasteiger partial charge on any atom is -0.451 e. The molecule has 2 aliphatic rings. The third kappa shape index (κ3) is 7.62. The van der Waals surface area contributed by atoms with Crippen molar-refractivity contribution in [2.24, 2.45) is 0 Å². The second-order valence-electron chi connectivity index (χ2n) is 12.7. The van der Waals surface area contributed by atoms with E-state index in [9.17, 15) is 14.4 Å². The maximum absolute atomic E-state index is 13.6. The minimum atomic E-state index is -0.452. The lowest BCUT2D eigenvalue weighted by Gasteiger charge is -2.34. The Morgan fingerprint density at radius 3 is 2.55 bits per heavy atom. The number of piperidine rings is 2. The molecule has 0 aliphatic carbocycles. The lowest BCUT2D eigenvalue weighted by atomic mass is 9.97. The molecule has 0 bridgehead atoms. The number of imidazole rings is 1. The topological polar surface area (TPSA) is 101 Å². The van der Waals surface area contributed by atoms with E-state index in [1.54, 1.807) is 35.4 Å². The lowest BCUT2D eigenvalue weighted by molar-refractivity contribution is -0.133. The largest absolute Gasteiger partial charge is 0.451 e. The van der Waals surface area contributed by atoms with Gasteiger partial charge in [-0.25, -0.2) is 4.98 Å². The smallest absolute Gasteiger partial charge is 0.287 e. The Morgan fingerprint density at radius 2 is 1.78 bits per heavy atom. The highest BCUT2D eigenvalue weighted by Crippen LogP contribution is 2.29. The molecule has 3 aromatic carbocycles. The number of carbonyl (C=O) groups excluding carboxylic acids is 2. The predicted molar refractivity (Wildman–Crippen MR) is 191 cm³/mol. The number of rotatable bonds is 9. The molecule has 1 N–H and O–H groups in total. The maximum atomic E-state index is 13.6. The van der Waals surface area contributed by atoms with Gasteiger partial charge in [-0.2, -0.15) is 0 Å². The van der Waals surface area contributed by atoms with Crippen LogP contribution in [0.2, 0.25) is 5.02 Å². The number of amides is 2. The molecule has 2 saturated heterocycles. The van der Waals surface area contributed by atoms with Crippen LogP contribution in [0.5, 0.6) is 0 Å². The van der Waals surface area contributed by atoms with Gasteiger partial charge >= 0.3 is 0 Å². The van der Waals surface area contributed by atoms with Crippen LogP contribution in [0.1, 0.15) is 53.8 Å². The Hall–Kier alpha value is -5.15. The van der Waals surface area contributed by atoms with E-state index in [4.69, 9.17) is 16.0 Å². The van der Waals surface area contributed by atoms with Crippen LogP contribution < -0.4 is 15.6 Å². The molecule has 2 aromatic heterocycles. The van der Waals surface area contributed by atoms with E-state index in [0.29, 0.717) is 35.4 Å². The van der Waals surface area contributed by atoms with Crippen molar-refractivity contribution in [3.63, 3.8) is 0 Å². The standard InChI is InChI=1S/C39H38ClN5O4/c40-30-10-8-27(9-11-30)21-31(42-39(48)37-24-35(46)33-23-32(12-13-36(33)49-37)45-20-16-41-26-45)22-28-14-18-43(19-15-28)34-6-2-1-5-29(34)25-44-17-4-3-7-38(44)47/h1-2,5-6,8-13,16,20,22-24,26,31H,3-4,7,14-15,17-19,21,25H2,(H,42,48)/t31-/m0/s1. The summed E-state index contributed by atoms with van der Waals surface area (Å²) in [6.45, 7) is 3.12. The summed E-state index contributed by atoms with van der Waals surface area (Å²) >= 11 is 6.15. The summed E-state index contributed by atoms with van der Waals surface area (Å²) in [5.41, 5.74) is 5.45. The van der Waals surface area contributed by atoms with Gasteiger partial charge in [0.05, 0.1) is 17.8 Å². The van der Waals surface area contributed by atoms with Gasteiger partial charge in [-0.3, -0.25) is 14.4 Å². The summed E-state index contributed by atoms with van der Waals surface area (Å²) in [5, 5.41) is 4.16. The van der Waals surface area contributed by atoms with Gasteiger partial charge in [0, 0.05) is 67.5 Å². The van der Waals surface area contributed by atoms with E-state index >= 15 is 0 Å². The van der Waals surface area contributed by atoms with E-state index < -0.39 is 5.91 Å². The average molecular weight is 676 g/mol. The number of hydrogen-bond acceptors (Lipinski definition) is 6. The number of para-hydroxylation sites is 1. The fourth-order valence-corrected chi connectivity index (χ4v) is 6.89. The van der Waals surface area contributed by atoms with E-state index in [1.165, 1.54) is 22.9 Å². The molecule has 49 heavy (non-hydrogen) atoms. The molecule has 1 atom stereocenters. The van der Waals surface area contributed by atoms with Crippen LogP contribution >= 0.6 is 11.6 Å². The van der Waals surface area contributed by atoms with Crippen LogP contribution in [-0.2, 0) is 17.8 Å². The number of likely N-dealkylation sites (tertiary alicyclic amines) is 1. The summed E-state index contributed by atoms with van der Waals surface area (Å²) < 4.78 is 7.76. The predicted octanol–water partition coefficient (Wildman–Crippen LogP) is 6.71. The van der Waals surface area contributed by atoms with Crippen molar-refractivity contribution >= 4 is 40.1 Å². The first-order chi connectivity index (χ1) is 23.9. The van der Waals surface area contributed by atoms with Gasteiger partial charge in [-0.1, -0.05) is 53.6 Å². The molecule has 0 spiro atoms. The van der Waals surface area contributed by atoms with Crippen LogP contribution in [0, 0.1) is 0 Å². The number of nitrogens with one attached hydrogen (secondary N) is 1. The Balaban J connectivity index is 1.08. The summed E-state index contributed by atoms with van der Waals surface area (Å²) in [6, 6.07) is 22.2. The first-order valence-electron chi connectivity index (χ1n) is 16.8. The SMILES string of the molecule is O=C(N[C@H](C=C1CCN(c2ccccc2CN2CCCCC2=O)CC1)Cc1ccc(Cl)cc1)c1cc(=O)c2cc(-n3ccnc3)ccc2o1. The van der Waals surface area contributed by atoms with Crippen molar-refractivity contribution in [1.29, 1.82) is 0 Å². The molecule has 2 aliphatic heterocycles. The monoisotopic (exact) mass is 675 g/mol. The Labute approximate surface area is 289 Å². The normalized spacial score (nSPS) is 15.8. The van der Waals surface area contributed by atoms with E-state index in [2.05, 4.69) is 39.5 Å². The van der Waals surface area contributed by atoms with Gasteiger partial charge in [-0.05, 0) is 79.6 Å². The molecule has 9 nitrogen and oxygen atoms in total. The first kappa shape index (κ1) is 32.4. The molecule has 5 aromatic rings. The maximum Gasteiger partial charge on any atom is 0.287 e. The van der Waals surface area contributed by atoms with Gasteiger partial charge in [-0.15, -0.1) is 0 Å². The van der Waals surface area contributed by atoms with Gasteiger partial charge in [0.15, 0.2) is 11.2 Å². The van der Waals surface area contributed by atoms with Crippen molar-refractivity contribution in [3.8, 4) is 5.69 Å². The fourth-order valence-electron chi connectivity index (χ4n) is 6.77. The van der Waals surface area contributed by atoms with E-state index in [1.807, 2.05) is 41.3 Å². The number of halogens is 1. The van der Waals surface area contributed by atoms with Gasteiger partial charge in [0.1, 0.15) is 5.58 Å². The van der Waals surface area contributed by atoms with Gasteiger partial charge in [0.25, 0.3) is 5.91 Å². The van der Waals surface area contributed by atoms with Crippen molar-refractivity contribution in [3.05, 3.63) is 135 Å². The van der Waals surface area contributed by atoms with Crippen LogP contribution in [0.4, 0.5) is 5.69 Å². The lowest BCUT2D eigenvalue weighted by Crippen LogP contribution is -2.37. The molecule has 2 amide bonds. The number of hydrogen-bond donors (Lipinski definition) is 1. The second-order valence-corrected chi connectivity index (χ2v) is 13.2. The summed E-state index contributed by atoms with van der Waals surface area (Å²) in [6.07, 6.45) is 12.2. The Morgan fingerprint density at radius 1 is 0.959 bits per heavy atom. The van der Waals surface area contributed by atoms with Crippen molar-refractivity contribution in [2.75, 3.05) is 24.5 Å². The number of aromatic nitrogens is 2. The van der Waals surface area contributed by atoms with Gasteiger partial charge < -0.3 is 24.1 Å². The highest BCUT2D eigenvalue weighted by molar-refractivity contribution is 6.30. The number of benzene rings is 3. The molecule has 7 rings (SSSR count). The minimum absolute atomic E-state index is 0.0361. The van der Waals surface area contributed by atoms with E-state index in [-0.39, 0.29) is 23.1 Å². The van der Waals surface area contributed by atoms with E-state index in [0.717, 1.165) is 56.6 Å². The number of carbonyl (C=O) groups is 2. The molecule has 0 unspecified atom stereocenters. The number of fused-ring (bicyclic) bond motifs is 1. The van der Waals surface area contributed by atoms with Crippen molar-refractivity contribution in [2.45, 2.75) is 51.1 Å². The number of anilines is 1. The summed E-state index contributed by atoms with van der Waals surface area (Å²) in [5.74, 6) is -0.250. The Bertz CT molecular complexity index is 2040. The third-order valence-electron chi connectivity index (χ3n) is 9.38. The average Bonchev–Trinajstić information content (AvgIpc) is 3.66. The fraction of sp³-hybridized carbons (Fsp3) is 0.282. The molecule has 0 radical (unpaired) electrons. The molecule has 10 heteroatoms. The Kier molecular flexibility index (Phi) is 9.61. The number of nitrogens with zero attached hydrogens (tertiary/aromatic N) is 4. The first-order valence-corrected chi connectivity index (χ1v) is 17.2. The molecule has 4 heterocycles. The van der Waals surface area contributed by atoms with Crippen LogP contribution in [0.15, 0.2) is 112 Å². The zero-order chi connectivity index (χ0) is 33.7. The highest BCUT2D eigenvalue weighted by Gasteiger charge is 2.23. The summed E-state index contributed by atoms with van der Waals surface area (Å²) in [7, 11) is 0. The van der Waals surface area contributed by atoms with Gasteiger partial charge in [0.2, 0.25) is 5.91 Å². The van der Waals surface area contributed by atoms with Crippen molar-refractivity contribution in [1.82, 2.24) is 19.8 Å². The van der Waals surface area contributed by atoms with Crippen molar-refractivity contribution < 1.29 is 14.0 Å².